The molecule has 0 saturated heterocycles. The number of carbonyl (C=O) groups is 1. The maximum absolute atomic E-state index is 13.0. The maximum atomic E-state index is 13.0. The van der Waals surface area contributed by atoms with Crippen LogP contribution in [0.3, 0.4) is 0 Å². The molecule has 1 N–H and O–H groups in total. The van der Waals surface area contributed by atoms with Gasteiger partial charge in [-0.05, 0) is 54.4 Å². The summed E-state index contributed by atoms with van der Waals surface area (Å²) in [5.74, 6) is 1.51. The van der Waals surface area contributed by atoms with Crippen molar-refractivity contribution in [1.82, 2.24) is 5.32 Å². The van der Waals surface area contributed by atoms with Crippen molar-refractivity contribution in [3.05, 3.63) is 131 Å². The monoisotopic (exact) mass is 453 g/mol. The van der Waals surface area contributed by atoms with E-state index in [1.807, 2.05) is 72.8 Å². The van der Waals surface area contributed by atoms with Crippen LogP contribution in [0, 0.1) is 6.92 Å². The van der Waals surface area contributed by atoms with Crippen molar-refractivity contribution in [2.24, 2.45) is 0 Å². The zero-order valence-electron chi connectivity index (χ0n) is 18.6. The maximum Gasteiger partial charge on any atom is 0.252 e. The molecule has 0 saturated carbocycles. The minimum absolute atomic E-state index is 0.115. The van der Waals surface area contributed by atoms with Crippen LogP contribution < -0.4 is 10.1 Å². The topological polar surface area (TPSA) is 38.3 Å². The van der Waals surface area contributed by atoms with Gasteiger partial charge in [0.15, 0.2) is 0 Å². The number of benzene rings is 4. The highest BCUT2D eigenvalue weighted by atomic mass is 32.2. The molecule has 0 fully saturated rings. The van der Waals surface area contributed by atoms with E-state index in [1.54, 1.807) is 11.8 Å². The Bertz CT molecular complexity index is 1140. The zero-order valence-corrected chi connectivity index (χ0v) is 19.4. The second kappa shape index (κ2) is 11.4. The van der Waals surface area contributed by atoms with Crippen LogP contribution in [0.4, 0.5) is 0 Å². The van der Waals surface area contributed by atoms with E-state index in [2.05, 4.69) is 48.6 Å². The Morgan fingerprint density at radius 1 is 0.788 bits per heavy atom. The van der Waals surface area contributed by atoms with Gasteiger partial charge in [-0.25, -0.2) is 0 Å². The summed E-state index contributed by atoms with van der Waals surface area (Å²) in [6, 6.07) is 35.7. The summed E-state index contributed by atoms with van der Waals surface area (Å²) < 4.78 is 5.84. The highest BCUT2D eigenvalue weighted by molar-refractivity contribution is 7.99. The van der Waals surface area contributed by atoms with Crippen LogP contribution in [0.2, 0.25) is 0 Å². The van der Waals surface area contributed by atoms with Gasteiger partial charge in [-0.15, -0.1) is 11.8 Å². The van der Waals surface area contributed by atoms with Gasteiger partial charge in [-0.3, -0.25) is 4.79 Å². The molecule has 0 aliphatic carbocycles. The lowest BCUT2D eigenvalue weighted by molar-refractivity contribution is 0.0943. The van der Waals surface area contributed by atoms with Crippen LogP contribution in [-0.4, -0.2) is 18.3 Å². The van der Waals surface area contributed by atoms with Crippen molar-refractivity contribution >= 4 is 17.7 Å². The first-order valence-electron chi connectivity index (χ1n) is 11.0. The standard InChI is InChI=1S/C29H27NO2S/c1-22-12-14-24(15-13-22)28(23-8-4-2-5-9-23)30-29(31)25-16-18-26(19-17-25)32-20-21-33-27-10-6-3-7-11-27/h2-19,28H,20-21H2,1H3,(H,30,31)/t28-/m0/s1. The second-order valence-corrected chi connectivity index (χ2v) is 8.93. The molecule has 4 aromatic rings. The third-order valence-electron chi connectivity index (χ3n) is 5.30. The SMILES string of the molecule is Cc1ccc([C@@H](NC(=O)c2ccc(OCCSc3ccccc3)cc2)c2ccccc2)cc1. The van der Waals surface area contributed by atoms with E-state index in [-0.39, 0.29) is 11.9 Å². The molecule has 4 aromatic carbocycles. The summed E-state index contributed by atoms with van der Waals surface area (Å²) in [7, 11) is 0. The average molecular weight is 454 g/mol. The van der Waals surface area contributed by atoms with Crippen molar-refractivity contribution in [3.8, 4) is 5.75 Å². The van der Waals surface area contributed by atoms with Crippen LogP contribution in [-0.2, 0) is 0 Å². The molecule has 4 rings (SSSR count). The fourth-order valence-electron chi connectivity index (χ4n) is 3.52. The fraction of sp³-hybridized carbons (Fsp3) is 0.138. The van der Waals surface area contributed by atoms with Crippen LogP contribution in [0.1, 0.15) is 33.1 Å². The second-order valence-electron chi connectivity index (χ2n) is 7.76. The lowest BCUT2D eigenvalue weighted by Crippen LogP contribution is -2.29. The van der Waals surface area contributed by atoms with Gasteiger partial charge in [0.05, 0.1) is 12.6 Å². The molecule has 0 bridgehead atoms. The summed E-state index contributed by atoms with van der Waals surface area (Å²) in [6.45, 7) is 2.67. The van der Waals surface area contributed by atoms with E-state index in [1.165, 1.54) is 10.5 Å². The van der Waals surface area contributed by atoms with Gasteiger partial charge in [-0.1, -0.05) is 78.4 Å². The Hall–Kier alpha value is -3.50. The number of carbonyl (C=O) groups excluding carboxylic acids is 1. The van der Waals surface area contributed by atoms with E-state index < -0.39 is 0 Å². The van der Waals surface area contributed by atoms with Gasteiger partial charge in [0.25, 0.3) is 5.91 Å². The van der Waals surface area contributed by atoms with Gasteiger partial charge >= 0.3 is 0 Å². The van der Waals surface area contributed by atoms with E-state index >= 15 is 0 Å². The van der Waals surface area contributed by atoms with E-state index in [0.29, 0.717) is 12.2 Å². The molecule has 0 unspecified atom stereocenters. The Kier molecular flexibility index (Phi) is 7.83. The van der Waals surface area contributed by atoms with E-state index in [0.717, 1.165) is 22.6 Å². The molecule has 166 valence electrons. The van der Waals surface area contributed by atoms with Gasteiger partial charge in [0.1, 0.15) is 5.75 Å². The number of nitrogens with one attached hydrogen (secondary N) is 1. The number of thioether (sulfide) groups is 1. The highest BCUT2D eigenvalue weighted by Crippen LogP contribution is 2.24. The smallest absolute Gasteiger partial charge is 0.252 e. The molecule has 0 aliphatic heterocycles. The number of rotatable bonds is 9. The first-order chi connectivity index (χ1) is 16.2. The summed E-state index contributed by atoms with van der Waals surface area (Å²) in [6.07, 6.45) is 0. The fourth-order valence-corrected chi connectivity index (χ4v) is 4.27. The van der Waals surface area contributed by atoms with Gasteiger partial charge in [-0.2, -0.15) is 0 Å². The third-order valence-corrected chi connectivity index (χ3v) is 6.28. The highest BCUT2D eigenvalue weighted by Gasteiger charge is 2.17. The molecule has 0 radical (unpaired) electrons. The average Bonchev–Trinajstić information content (AvgIpc) is 2.87. The Morgan fingerprint density at radius 2 is 1.39 bits per heavy atom. The summed E-state index contributed by atoms with van der Waals surface area (Å²) in [5, 5.41) is 3.19. The van der Waals surface area contributed by atoms with Crippen molar-refractivity contribution in [2.45, 2.75) is 17.9 Å². The summed E-state index contributed by atoms with van der Waals surface area (Å²) in [5.41, 5.74) is 3.89. The number of amides is 1. The van der Waals surface area contributed by atoms with Gasteiger partial charge in [0, 0.05) is 16.2 Å². The lowest BCUT2D eigenvalue weighted by atomic mass is 9.97. The minimum Gasteiger partial charge on any atom is -0.493 e. The molecule has 4 heteroatoms. The van der Waals surface area contributed by atoms with Gasteiger partial charge < -0.3 is 10.1 Å². The number of hydrogen-bond donors (Lipinski definition) is 1. The van der Waals surface area contributed by atoms with Crippen LogP contribution in [0.5, 0.6) is 5.75 Å². The zero-order chi connectivity index (χ0) is 22.9. The third kappa shape index (κ3) is 6.50. The Morgan fingerprint density at radius 3 is 2.06 bits per heavy atom. The van der Waals surface area contributed by atoms with Gasteiger partial charge in [0.2, 0.25) is 0 Å². The minimum atomic E-state index is -0.217. The number of aryl methyl sites for hydroxylation is 1. The molecule has 33 heavy (non-hydrogen) atoms. The quantitative estimate of drug-likeness (QED) is 0.227. The summed E-state index contributed by atoms with van der Waals surface area (Å²) >= 11 is 1.76. The molecule has 3 nitrogen and oxygen atoms in total. The van der Waals surface area contributed by atoms with Crippen molar-refractivity contribution in [2.75, 3.05) is 12.4 Å². The van der Waals surface area contributed by atoms with Crippen LogP contribution in [0.25, 0.3) is 0 Å². The van der Waals surface area contributed by atoms with Crippen LogP contribution >= 0.6 is 11.8 Å². The largest absolute Gasteiger partial charge is 0.493 e. The summed E-state index contributed by atoms with van der Waals surface area (Å²) in [4.78, 5) is 14.3. The first kappa shape index (κ1) is 22.7. The van der Waals surface area contributed by atoms with Crippen LogP contribution in [0.15, 0.2) is 114 Å². The number of hydrogen-bond acceptors (Lipinski definition) is 3. The number of ether oxygens (including phenoxy) is 1. The van der Waals surface area contributed by atoms with Crippen molar-refractivity contribution in [1.29, 1.82) is 0 Å². The van der Waals surface area contributed by atoms with Crippen molar-refractivity contribution in [3.63, 3.8) is 0 Å². The Balaban J connectivity index is 1.37. The lowest BCUT2D eigenvalue weighted by Gasteiger charge is -2.20. The normalized spacial score (nSPS) is 11.5. The Labute approximate surface area is 199 Å². The molecule has 0 heterocycles. The molecule has 1 atom stereocenters. The molecular weight excluding hydrogens is 426 g/mol. The van der Waals surface area contributed by atoms with E-state index in [9.17, 15) is 4.79 Å². The predicted molar refractivity (Wildman–Crippen MR) is 136 cm³/mol. The van der Waals surface area contributed by atoms with E-state index in [4.69, 9.17) is 4.74 Å². The molecule has 0 spiro atoms. The first-order valence-corrected chi connectivity index (χ1v) is 12.0. The molecule has 0 aliphatic rings. The van der Waals surface area contributed by atoms with Crippen molar-refractivity contribution < 1.29 is 9.53 Å². The molecule has 1 amide bonds. The predicted octanol–water partition coefficient (Wildman–Crippen LogP) is 6.69. The molecule has 0 aromatic heterocycles. The molecular formula is C29H27NO2S.